The number of hydrogen-bond acceptors (Lipinski definition) is 3. The summed E-state index contributed by atoms with van der Waals surface area (Å²) >= 11 is 0. The van der Waals surface area contributed by atoms with E-state index in [1.54, 1.807) is 0 Å². The Bertz CT molecular complexity index is 267. The van der Waals surface area contributed by atoms with E-state index in [-0.39, 0.29) is 0 Å². The number of rotatable bonds is 4. The predicted octanol–water partition coefficient (Wildman–Crippen LogP) is 1.32. The summed E-state index contributed by atoms with van der Waals surface area (Å²) in [6, 6.07) is 0. The van der Waals surface area contributed by atoms with Crippen molar-refractivity contribution in [2.75, 3.05) is 26.2 Å². The molecule has 0 saturated carbocycles. The second kappa shape index (κ2) is 5.36. The van der Waals surface area contributed by atoms with Crippen molar-refractivity contribution in [1.82, 2.24) is 10.2 Å². The van der Waals surface area contributed by atoms with Crippen LogP contribution in [0, 0.1) is 5.92 Å². The topological polar surface area (TPSA) is 52.6 Å². The van der Waals surface area contributed by atoms with Crippen LogP contribution in [0.1, 0.15) is 39.0 Å². The maximum atomic E-state index is 11.4. The van der Waals surface area contributed by atoms with Crippen LogP contribution in [0.25, 0.3) is 0 Å². The SMILES string of the molecule is CCN1CCC(CC2(C(=O)O)CCCN2)CC1. The van der Waals surface area contributed by atoms with Crippen molar-refractivity contribution in [1.29, 1.82) is 0 Å². The fourth-order valence-electron chi connectivity index (χ4n) is 3.25. The Hall–Kier alpha value is -0.610. The molecule has 2 saturated heterocycles. The molecular weight excluding hydrogens is 216 g/mol. The van der Waals surface area contributed by atoms with Crippen LogP contribution < -0.4 is 5.32 Å². The summed E-state index contributed by atoms with van der Waals surface area (Å²) in [5.41, 5.74) is -0.612. The third kappa shape index (κ3) is 2.80. The number of piperidine rings is 1. The monoisotopic (exact) mass is 240 g/mol. The lowest BCUT2D eigenvalue weighted by molar-refractivity contribution is -0.145. The van der Waals surface area contributed by atoms with Gasteiger partial charge in [-0.2, -0.15) is 0 Å². The van der Waals surface area contributed by atoms with Crippen LogP contribution in [0.5, 0.6) is 0 Å². The fraction of sp³-hybridized carbons (Fsp3) is 0.923. The van der Waals surface area contributed by atoms with Crippen molar-refractivity contribution in [2.45, 2.75) is 44.6 Å². The molecule has 1 unspecified atom stereocenters. The summed E-state index contributed by atoms with van der Waals surface area (Å²) in [5, 5.41) is 12.6. The van der Waals surface area contributed by atoms with Gasteiger partial charge in [0, 0.05) is 0 Å². The summed E-state index contributed by atoms with van der Waals surface area (Å²) < 4.78 is 0. The summed E-state index contributed by atoms with van der Waals surface area (Å²) in [4.78, 5) is 13.9. The normalized spacial score (nSPS) is 31.8. The average Bonchev–Trinajstić information content (AvgIpc) is 2.80. The molecule has 0 aromatic rings. The molecule has 98 valence electrons. The molecule has 4 heteroatoms. The molecule has 2 heterocycles. The minimum absolute atomic E-state index is 0.583. The lowest BCUT2D eigenvalue weighted by Crippen LogP contribution is -2.50. The zero-order valence-electron chi connectivity index (χ0n) is 10.7. The standard InChI is InChI=1S/C13H24N2O2/c1-2-15-8-4-11(5-9-15)10-13(12(16)17)6-3-7-14-13/h11,14H,2-10H2,1H3,(H,16,17). The molecular formula is C13H24N2O2. The Balaban J connectivity index is 1.89. The van der Waals surface area contributed by atoms with Gasteiger partial charge in [0.25, 0.3) is 0 Å². The Kier molecular flexibility index (Phi) is 4.05. The lowest BCUT2D eigenvalue weighted by Gasteiger charge is -2.35. The first-order valence-electron chi connectivity index (χ1n) is 6.87. The van der Waals surface area contributed by atoms with Crippen molar-refractivity contribution >= 4 is 5.97 Å². The van der Waals surface area contributed by atoms with Crippen molar-refractivity contribution in [3.05, 3.63) is 0 Å². The van der Waals surface area contributed by atoms with Crippen LogP contribution in [0.15, 0.2) is 0 Å². The molecule has 4 nitrogen and oxygen atoms in total. The number of hydrogen-bond donors (Lipinski definition) is 2. The highest BCUT2D eigenvalue weighted by molar-refractivity contribution is 5.79. The number of carboxylic acids is 1. The number of carbonyl (C=O) groups is 1. The van der Waals surface area contributed by atoms with E-state index >= 15 is 0 Å². The number of aliphatic carboxylic acids is 1. The van der Waals surface area contributed by atoms with Gasteiger partial charge < -0.3 is 15.3 Å². The van der Waals surface area contributed by atoms with E-state index in [0.717, 1.165) is 58.3 Å². The molecule has 2 N–H and O–H groups in total. The van der Waals surface area contributed by atoms with Gasteiger partial charge in [0.15, 0.2) is 0 Å². The maximum absolute atomic E-state index is 11.4. The van der Waals surface area contributed by atoms with E-state index in [1.165, 1.54) is 0 Å². The smallest absolute Gasteiger partial charge is 0.323 e. The Morgan fingerprint density at radius 2 is 2.18 bits per heavy atom. The number of carboxylic acid groups (broad SMARTS) is 1. The zero-order chi connectivity index (χ0) is 12.3. The van der Waals surface area contributed by atoms with Crippen LogP contribution in [0.4, 0.5) is 0 Å². The highest BCUT2D eigenvalue weighted by atomic mass is 16.4. The first-order chi connectivity index (χ1) is 8.16. The average molecular weight is 240 g/mol. The van der Waals surface area contributed by atoms with Crippen LogP contribution in [0.2, 0.25) is 0 Å². The maximum Gasteiger partial charge on any atom is 0.323 e. The third-order valence-electron chi connectivity index (χ3n) is 4.44. The molecule has 0 aromatic heterocycles. The van der Waals surface area contributed by atoms with Crippen molar-refractivity contribution < 1.29 is 9.90 Å². The molecule has 0 radical (unpaired) electrons. The molecule has 2 rings (SSSR count). The van der Waals surface area contributed by atoms with Gasteiger partial charge in [-0.1, -0.05) is 6.92 Å². The van der Waals surface area contributed by atoms with Gasteiger partial charge in [-0.05, 0) is 64.2 Å². The van der Waals surface area contributed by atoms with Gasteiger partial charge in [-0.25, -0.2) is 0 Å². The first kappa shape index (κ1) is 12.8. The Morgan fingerprint density at radius 3 is 2.65 bits per heavy atom. The first-order valence-corrected chi connectivity index (χ1v) is 6.87. The van der Waals surface area contributed by atoms with Crippen molar-refractivity contribution in [3.8, 4) is 0 Å². The number of likely N-dealkylation sites (tertiary alicyclic amines) is 1. The Labute approximate surface area is 103 Å². The molecule has 1 atom stereocenters. The van der Waals surface area contributed by atoms with Crippen molar-refractivity contribution in [3.63, 3.8) is 0 Å². The molecule has 2 aliphatic heterocycles. The summed E-state index contributed by atoms with van der Waals surface area (Å²) in [6.07, 6.45) is 4.94. The summed E-state index contributed by atoms with van der Waals surface area (Å²) in [7, 11) is 0. The highest BCUT2D eigenvalue weighted by Gasteiger charge is 2.42. The van der Waals surface area contributed by atoms with Gasteiger partial charge in [-0.15, -0.1) is 0 Å². The molecule has 0 aliphatic carbocycles. The Morgan fingerprint density at radius 1 is 1.47 bits per heavy atom. The van der Waals surface area contributed by atoms with E-state index in [1.807, 2.05) is 0 Å². The van der Waals surface area contributed by atoms with E-state index in [9.17, 15) is 9.90 Å². The quantitative estimate of drug-likeness (QED) is 0.778. The second-order valence-corrected chi connectivity index (χ2v) is 5.50. The molecule has 0 bridgehead atoms. The van der Waals surface area contributed by atoms with Crippen LogP contribution in [-0.2, 0) is 4.79 Å². The minimum atomic E-state index is -0.645. The lowest BCUT2D eigenvalue weighted by atomic mass is 9.81. The molecule has 0 spiro atoms. The number of nitrogens with one attached hydrogen (secondary N) is 1. The number of nitrogens with zero attached hydrogens (tertiary/aromatic N) is 1. The van der Waals surface area contributed by atoms with Crippen LogP contribution in [-0.4, -0.2) is 47.7 Å². The van der Waals surface area contributed by atoms with E-state index in [0.29, 0.717) is 5.92 Å². The minimum Gasteiger partial charge on any atom is -0.480 e. The fourth-order valence-corrected chi connectivity index (χ4v) is 3.25. The largest absolute Gasteiger partial charge is 0.480 e. The van der Waals surface area contributed by atoms with Gasteiger partial charge in [0.2, 0.25) is 0 Å². The van der Waals surface area contributed by atoms with E-state index in [4.69, 9.17) is 0 Å². The van der Waals surface area contributed by atoms with Gasteiger partial charge in [0.1, 0.15) is 5.54 Å². The highest BCUT2D eigenvalue weighted by Crippen LogP contribution is 2.32. The second-order valence-electron chi connectivity index (χ2n) is 5.50. The summed E-state index contributed by atoms with van der Waals surface area (Å²) in [5.74, 6) is -0.0626. The van der Waals surface area contributed by atoms with Gasteiger partial charge >= 0.3 is 5.97 Å². The van der Waals surface area contributed by atoms with E-state index in [2.05, 4.69) is 17.1 Å². The molecule has 17 heavy (non-hydrogen) atoms. The zero-order valence-corrected chi connectivity index (χ0v) is 10.7. The van der Waals surface area contributed by atoms with Crippen molar-refractivity contribution in [2.24, 2.45) is 5.92 Å². The van der Waals surface area contributed by atoms with Crippen LogP contribution in [0.3, 0.4) is 0 Å². The van der Waals surface area contributed by atoms with Gasteiger partial charge in [0.05, 0.1) is 0 Å². The van der Waals surface area contributed by atoms with Crippen LogP contribution >= 0.6 is 0 Å². The molecule has 2 aliphatic rings. The van der Waals surface area contributed by atoms with E-state index < -0.39 is 11.5 Å². The third-order valence-corrected chi connectivity index (χ3v) is 4.44. The molecule has 2 fully saturated rings. The predicted molar refractivity (Wildman–Crippen MR) is 67.1 cm³/mol. The molecule has 0 aromatic carbocycles. The summed E-state index contributed by atoms with van der Waals surface area (Å²) in [6.45, 7) is 6.44. The molecule has 0 amide bonds. The van der Waals surface area contributed by atoms with Gasteiger partial charge in [-0.3, -0.25) is 4.79 Å².